The van der Waals surface area contributed by atoms with Gasteiger partial charge < -0.3 is 4.74 Å². The Morgan fingerprint density at radius 1 is 1.21 bits per heavy atom. The van der Waals surface area contributed by atoms with Gasteiger partial charge in [-0.15, -0.1) is 0 Å². The molecule has 0 heterocycles. The smallest absolute Gasteiger partial charge is 0.126 e. The Kier molecular flexibility index (Phi) is 4.15. The van der Waals surface area contributed by atoms with Crippen molar-refractivity contribution in [3.63, 3.8) is 0 Å². The number of halogens is 1. The second-order valence-electron chi connectivity index (χ2n) is 4.25. The summed E-state index contributed by atoms with van der Waals surface area (Å²) in [4.78, 5) is 0. The molecule has 3 heteroatoms. The van der Waals surface area contributed by atoms with E-state index in [9.17, 15) is 9.65 Å². The van der Waals surface area contributed by atoms with Crippen molar-refractivity contribution in [3.05, 3.63) is 65.5 Å². The molecule has 2 aromatic rings. The number of hydrogen-bond acceptors (Lipinski definition) is 2. The van der Waals surface area contributed by atoms with Crippen LogP contribution in [0.5, 0.6) is 5.75 Å². The molecule has 2 aromatic carbocycles. The molecule has 19 heavy (non-hydrogen) atoms. The molecular formula is C16H14FNO. The van der Waals surface area contributed by atoms with E-state index in [2.05, 4.69) is 6.07 Å². The van der Waals surface area contributed by atoms with Crippen LogP contribution in [0.3, 0.4) is 0 Å². The van der Waals surface area contributed by atoms with Crippen LogP contribution < -0.4 is 4.74 Å². The van der Waals surface area contributed by atoms with Crippen LogP contribution in [0.4, 0.5) is 4.39 Å². The van der Waals surface area contributed by atoms with Gasteiger partial charge in [0.1, 0.15) is 11.6 Å². The third kappa shape index (κ3) is 3.11. The monoisotopic (exact) mass is 255 g/mol. The maximum Gasteiger partial charge on any atom is 0.126 e. The van der Waals surface area contributed by atoms with Crippen LogP contribution in [0.2, 0.25) is 0 Å². The SMILES string of the molecule is COc1cccc(C(C#N)Cc2ccccc2F)c1. The Morgan fingerprint density at radius 2 is 2.00 bits per heavy atom. The molecule has 0 N–H and O–H groups in total. The second-order valence-corrected chi connectivity index (χ2v) is 4.25. The average molecular weight is 255 g/mol. The Hall–Kier alpha value is -2.34. The Bertz CT molecular complexity index is 604. The largest absolute Gasteiger partial charge is 0.497 e. The molecule has 2 nitrogen and oxygen atoms in total. The normalized spacial score (nSPS) is 11.6. The molecule has 0 radical (unpaired) electrons. The van der Waals surface area contributed by atoms with Gasteiger partial charge in [-0.3, -0.25) is 0 Å². The number of nitriles is 1. The zero-order valence-corrected chi connectivity index (χ0v) is 10.6. The van der Waals surface area contributed by atoms with Crippen molar-refractivity contribution in [1.29, 1.82) is 5.26 Å². The Morgan fingerprint density at radius 3 is 2.68 bits per heavy atom. The summed E-state index contributed by atoms with van der Waals surface area (Å²) in [5.74, 6) is 0.0453. The zero-order valence-electron chi connectivity index (χ0n) is 10.6. The number of nitrogens with zero attached hydrogens (tertiary/aromatic N) is 1. The van der Waals surface area contributed by atoms with Crippen molar-refractivity contribution in [1.82, 2.24) is 0 Å². The van der Waals surface area contributed by atoms with Gasteiger partial charge in [-0.2, -0.15) is 5.26 Å². The molecule has 0 aliphatic heterocycles. The van der Waals surface area contributed by atoms with E-state index in [0.717, 1.165) is 5.56 Å². The van der Waals surface area contributed by atoms with Crippen LogP contribution in [0.25, 0.3) is 0 Å². The van der Waals surface area contributed by atoms with Gasteiger partial charge in [0.25, 0.3) is 0 Å². The fourth-order valence-electron chi connectivity index (χ4n) is 1.98. The van der Waals surface area contributed by atoms with Gasteiger partial charge in [-0.1, -0.05) is 30.3 Å². The minimum atomic E-state index is -0.382. The first-order chi connectivity index (χ1) is 9.24. The molecular weight excluding hydrogens is 241 g/mol. The van der Waals surface area contributed by atoms with Gasteiger partial charge in [0.15, 0.2) is 0 Å². The first kappa shape index (κ1) is 13.1. The van der Waals surface area contributed by atoms with Crippen LogP contribution in [-0.4, -0.2) is 7.11 Å². The van der Waals surface area contributed by atoms with Crippen molar-refractivity contribution in [3.8, 4) is 11.8 Å². The molecule has 2 rings (SSSR count). The van der Waals surface area contributed by atoms with Crippen LogP contribution in [0.1, 0.15) is 17.0 Å². The van der Waals surface area contributed by atoms with Crippen molar-refractivity contribution >= 4 is 0 Å². The van der Waals surface area contributed by atoms with E-state index in [-0.39, 0.29) is 11.7 Å². The van der Waals surface area contributed by atoms with Crippen LogP contribution in [0, 0.1) is 17.1 Å². The Balaban J connectivity index is 2.26. The number of benzene rings is 2. The molecule has 0 saturated heterocycles. The fourth-order valence-corrected chi connectivity index (χ4v) is 1.98. The van der Waals surface area contributed by atoms with E-state index in [1.165, 1.54) is 6.07 Å². The van der Waals surface area contributed by atoms with Crippen LogP contribution >= 0.6 is 0 Å². The molecule has 0 amide bonds. The van der Waals surface area contributed by atoms with Crippen LogP contribution in [0.15, 0.2) is 48.5 Å². The van der Waals surface area contributed by atoms with Gasteiger partial charge in [0.2, 0.25) is 0 Å². The van der Waals surface area contributed by atoms with E-state index in [1.54, 1.807) is 25.3 Å². The standard InChI is InChI=1S/C16H14FNO/c1-19-15-7-4-6-12(10-15)14(11-18)9-13-5-2-3-8-16(13)17/h2-8,10,14H,9H2,1H3. The third-order valence-corrected chi connectivity index (χ3v) is 3.03. The first-order valence-corrected chi connectivity index (χ1v) is 6.01. The third-order valence-electron chi connectivity index (χ3n) is 3.03. The molecule has 0 aliphatic rings. The highest BCUT2D eigenvalue weighted by atomic mass is 19.1. The number of rotatable bonds is 4. The van der Waals surface area contributed by atoms with Gasteiger partial charge >= 0.3 is 0 Å². The molecule has 0 spiro atoms. The Labute approximate surface area is 112 Å². The minimum absolute atomic E-state index is 0.273. The average Bonchev–Trinajstić information content (AvgIpc) is 2.46. The summed E-state index contributed by atoms with van der Waals surface area (Å²) in [7, 11) is 1.58. The summed E-state index contributed by atoms with van der Waals surface area (Å²) in [5, 5.41) is 9.28. The van der Waals surface area contributed by atoms with Gasteiger partial charge in [-0.05, 0) is 35.7 Å². The maximum atomic E-state index is 13.6. The van der Waals surface area contributed by atoms with E-state index in [0.29, 0.717) is 17.7 Å². The second kappa shape index (κ2) is 6.01. The van der Waals surface area contributed by atoms with E-state index >= 15 is 0 Å². The maximum absolute atomic E-state index is 13.6. The highest BCUT2D eigenvalue weighted by Gasteiger charge is 2.14. The highest BCUT2D eigenvalue weighted by Crippen LogP contribution is 2.24. The summed E-state index contributed by atoms with van der Waals surface area (Å²) in [6.07, 6.45) is 0.357. The van der Waals surface area contributed by atoms with E-state index < -0.39 is 0 Å². The lowest BCUT2D eigenvalue weighted by Crippen LogP contribution is -2.02. The molecule has 1 atom stereocenters. The minimum Gasteiger partial charge on any atom is -0.497 e. The molecule has 0 aliphatic carbocycles. The van der Waals surface area contributed by atoms with Gasteiger partial charge in [-0.25, -0.2) is 4.39 Å². The summed E-state index contributed by atoms with van der Waals surface area (Å²) in [6.45, 7) is 0. The number of methoxy groups -OCH3 is 1. The van der Waals surface area contributed by atoms with Crippen molar-refractivity contribution in [2.24, 2.45) is 0 Å². The molecule has 96 valence electrons. The lowest BCUT2D eigenvalue weighted by molar-refractivity contribution is 0.414. The van der Waals surface area contributed by atoms with Crippen molar-refractivity contribution in [2.45, 2.75) is 12.3 Å². The fraction of sp³-hybridized carbons (Fsp3) is 0.188. The predicted octanol–water partition coefficient (Wildman–Crippen LogP) is 3.68. The summed E-state index contributed by atoms with van der Waals surface area (Å²) >= 11 is 0. The molecule has 0 fully saturated rings. The summed E-state index contributed by atoms with van der Waals surface area (Å²) in [5.41, 5.74) is 1.39. The quantitative estimate of drug-likeness (QED) is 0.834. The summed E-state index contributed by atoms with van der Waals surface area (Å²) < 4.78 is 18.8. The molecule has 0 bridgehead atoms. The van der Waals surface area contributed by atoms with Crippen molar-refractivity contribution in [2.75, 3.05) is 7.11 Å². The van der Waals surface area contributed by atoms with Crippen LogP contribution in [-0.2, 0) is 6.42 Å². The lowest BCUT2D eigenvalue weighted by Gasteiger charge is -2.11. The van der Waals surface area contributed by atoms with E-state index in [4.69, 9.17) is 4.74 Å². The molecule has 0 aromatic heterocycles. The number of hydrogen-bond donors (Lipinski definition) is 0. The summed E-state index contributed by atoms with van der Waals surface area (Å²) in [6, 6.07) is 16.1. The zero-order chi connectivity index (χ0) is 13.7. The van der Waals surface area contributed by atoms with Gasteiger partial charge in [0, 0.05) is 0 Å². The van der Waals surface area contributed by atoms with Gasteiger partial charge in [0.05, 0.1) is 19.1 Å². The highest BCUT2D eigenvalue weighted by molar-refractivity contribution is 5.35. The first-order valence-electron chi connectivity index (χ1n) is 6.01. The predicted molar refractivity (Wildman–Crippen MR) is 71.5 cm³/mol. The van der Waals surface area contributed by atoms with Crippen molar-refractivity contribution < 1.29 is 9.13 Å². The molecule has 1 unspecified atom stereocenters. The van der Waals surface area contributed by atoms with E-state index in [1.807, 2.05) is 24.3 Å². The molecule has 0 saturated carbocycles. The topological polar surface area (TPSA) is 33.0 Å². The lowest BCUT2D eigenvalue weighted by atomic mass is 9.93. The number of ether oxygens (including phenoxy) is 1.